The van der Waals surface area contributed by atoms with Gasteiger partial charge >= 0.3 is 0 Å². The molecule has 3 N–H and O–H groups in total. The van der Waals surface area contributed by atoms with Crippen molar-refractivity contribution in [2.45, 2.75) is 32.2 Å². The molecule has 0 aliphatic carbocycles. The molecule has 0 spiro atoms. The molecular weight excluding hydrogens is 258 g/mol. The van der Waals surface area contributed by atoms with Gasteiger partial charge in [0.1, 0.15) is 6.33 Å². The molecule has 20 heavy (non-hydrogen) atoms. The van der Waals surface area contributed by atoms with E-state index < -0.39 is 0 Å². The molecule has 0 bridgehead atoms. The molecule has 1 unspecified atom stereocenters. The smallest absolute Gasteiger partial charge is 0.220 e. The summed E-state index contributed by atoms with van der Waals surface area (Å²) in [6.07, 6.45) is 3.83. The number of ether oxygens (including phenoxy) is 1. The van der Waals surface area contributed by atoms with Gasteiger partial charge in [-0.25, -0.2) is 9.97 Å². The lowest BCUT2D eigenvalue weighted by Gasteiger charge is -2.25. The second-order valence-electron chi connectivity index (χ2n) is 4.71. The highest BCUT2D eigenvalue weighted by Crippen LogP contribution is 2.29. The maximum absolute atomic E-state index is 11.2. The third-order valence-corrected chi connectivity index (χ3v) is 3.16. The molecule has 2 rings (SSSR count). The first kappa shape index (κ1) is 14.4. The maximum Gasteiger partial charge on any atom is 0.220 e. The summed E-state index contributed by atoms with van der Waals surface area (Å²) >= 11 is 0. The number of carbonyl (C=O) groups is 1. The summed E-state index contributed by atoms with van der Waals surface area (Å²) in [6, 6.07) is 0.163. The largest absolute Gasteiger partial charge is 0.490 e. The fourth-order valence-electron chi connectivity index (χ4n) is 2.09. The summed E-state index contributed by atoms with van der Waals surface area (Å²) in [5, 5.41) is 9.36. The fraction of sp³-hybridized carbons (Fsp3) is 0.615. The van der Waals surface area contributed by atoms with Gasteiger partial charge in [0, 0.05) is 25.6 Å². The van der Waals surface area contributed by atoms with Crippen LogP contribution >= 0.6 is 0 Å². The van der Waals surface area contributed by atoms with Gasteiger partial charge in [-0.15, -0.1) is 0 Å². The third-order valence-electron chi connectivity index (χ3n) is 3.16. The first-order valence-corrected chi connectivity index (χ1v) is 6.90. The molecule has 1 amide bonds. The van der Waals surface area contributed by atoms with Crippen LogP contribution in [-0.2, 0) is 4.79 Å². The van der Waals surface area contributed by atoms with Crippen molar-refractivity contribution in [3.8, 4) is 5.75 Å². The van der Waals surface area contributed by atoms with Crippen LogP contribution in [0.3, 0.4) is 0 Å². The van der Waals surface area contributed by atoms with Gasteiger partial charge < -0.3 is 20.7 Å². The Morgan fingerprint density at radius 3 is 2.90 bits per heavy atom. The van der Waals surface area contributed by atoms with Gasteiger partial charge in [-0.2, -0.15) is 0 Å². The predicted octanol–water partition coefficient (Wildman–Crippen LogP) is 0.998. The van der Waals surface area contributed by atoms with E-state index in [4.69, 9.17) is 4.74 Å². The zero-order chi connectivity index (χ0) is 14.4. The zero-order valence-corrected chi connectivity index (χ0v) is 11.9. The highest BCUT2D eigenvalue weighted by atomic mass is 16.5. The Kier molecular flexibility index (Phi) is 4.97. The number of carbonyl (C=O) groups excluding carboxylic acids is 1. The maximum atomic E-state index is 11.2. The molecule has 110 valence electrons. The first-order chi connectivity index (χ1) is 9.74. The minimum atomic E-state index is 0.100. The van der Waals surface area contributed by atoms with Gasteiger partial charge in [-0.05, 0) is 12.8 Å². The van der Waals surface area contributed by atoms with Crippen molar-refractivity contribution in [2.24, 2.45) is 0 Å². The lowest BCUT2D eigenvalue weighted by atomic mass is 10.1. The van der Waals surface area contributed by atoms with E-state index in [9.17, 15) is 4.79 Å². The van der Waals surface area contributed by atoms with Gasteiger partial charge in [0.25, 0.3) is 0 Å². The van der Waals surface area contributed by atoms with E-state index in [-0.39, 0.29) is 11.9 Å². The summed E-state index contributed by atoms with van der Waals surface area (Å²) in [5.41, 5.74) is 0. The Morgan fingerprint density at radius 2 is 2.25 bits per heavy atom. The lowest BCUT2D eigenvalue weighted by molar-refractivity contribution is -0.122. The van der Waals surface area contributed by atoms with Crippen molar-refractivity contribution in [3.05, 3.63) is 6.33 Å². The number of nitrogens with one attached hydrogen (secondary N) is 3. The van der Waals surface area contributed by atoms with E-state index in [2.05, 4.69) is 32.8 Å². The van der Waals surface area contributed by atoms with Crippen LogP contribution in [0.5, 0.6) is 5.75 Å². The number of hydrogen-bond acceptors (Lipinski definition) is 6. The van der Waals surface area contributed by atoms with Crippen LogP contribution in [0.2, 0.25) is 0 Å². The standard InChI is InChI=1S/C13H21N5O2/c1-3-6-14-12-11(20-2)13(17-8-16-12)18-9-4-5-10(19)15-7-9/h8-9H,3-7H2,1-2H3,(H,15,19)(H2,14,16,17,18). The number of anilines is 2. The molecule has 1 aliphatic rings. The van der Waals surface area contributed by atoms with Gasteiger partial charge in [-0.1, -0.05) is 6.92 Å². The van der Waals surface area contributed by atoms with Gasteiger partial charge in [0.15, 0.2) is 11.6 Å². The molecule has 0 radical (unpaired) electrons. The van der Waals surface area contributed by atoms with Crippen LogP contribution < -0.4 is 20.7 Å². The average molecular weight is 279 g/mol. The molecule has 1 aromatic heterocycles. The van der Waals surface area contributed by atoms with E-state index in [1.54, 1.807) is 7.11 Å². The van der Waals surface area contributed by atoms with Gasteiger partial charge in [0.05, 0.1) is 7.11 Å². The first-order valence-electron chi connectivity index (χ1n) is 6.90. The van der Waals surface area contributed by atoms with E-state index >= 15 is 0 Å². The van der Waals surface area contributed by atoms with E-state index in [1.807, 2.05) is 0 Å². The molecule has 1 aliphatic heterocycles. The van der Waals surface area contributed by atoms with Crippen molar-refractivity contribution in [2.75, 3.05) is 30.8 Å². The van der Waals surface area contributed by atoms with E-state index in [1.165, 1.54) is 6.33 Å². The number of rotatable bonds is 6. The summed E-state index contributed by atoms with van der Waals surface area (Å²) in [7, 11) is 1.60. The second-order valence-corrected chi connectivity index (χ2v) is 4.71. The molecular formula is C13H21N5O2. The summed E-state index contributed by atoms with van der Waals surface area (Å²) < 4.78 is 5.40. The number of aromatic nitrogens is 2. The molecule has 1 fully saturated rings. The number of nitrogens with zero attached hydrogens (tertiary/aromatic N) is 2. The minimum Gasteiger partial charge on any atom is -0.490 e. The normalized spacial score (nSPS) is 18.3. The number of methoxy groups -OCH3 is 1. The number of amides is 1. The van der Waals surface area contributed by atoms with Crippen molar-refractivity contribution in [1.82, 2.24) is 15.3 Å². The molecule has 1 aromatic rings. The molecule has 1 saturated heterocycles. The quantitative estimate of drug-likeness (QED) is 0.720. The van der Waals surface area contributed by atoms with Crippen LogP contribution in [0.15, 0.2) is 6.33 Å². The molecule has 7 heteroatoms. The Labute approximate surface area is 118 Å². The van der Waals surface area contributed by atoms with E-state index in [0.29, 0.717) is 30.4 Å². The van der Waals surface area contributed by atoms with Crippen molar-refractivity contribution in [1.29, 1.82) is 0 Å². The summed E-state index contributed by atoms with van der Waals surface area (Å²) in [4.78, 5) is 19.6. The van der Waals surface area contributed by atoms with Crippen molar-refractivity contribution >= 4 is 17.5 Å². The van der Waals surface area contributed by atoms with Crippen molar-refractivity contribution in [3.63, 3.8) is 0 Å². The summed E-state index contributed by atoms with van der Waals surface area (Å²) in [6.45, 7) is 3.51. The number of piperidine rings is 1. The SMILES string of the molecule is CCCNc1ncnc(NC2CCC(=O)NC2)c1OC. The van der Waals surface area contributed by atoms with Crippen LogP contribution in [0.1, 0.15) is 26.2 Å². The van der Waals surface area contributed by atoms with E-state index in [0.717, 1.165) is 19.4 Å². The molecule has 0 aromatic carbocycles. The number of hydrogen-bond donors (Lipinski definition) is 3. The highest BCUT2D eigenvalue weighted by Gasteiger charge is 2.20. The topological polar surface area (TPSA) is 88.2 Å². The Balaban J connectivity index is 2.08. The Bertz CT molecular complexity index is 456. The van der Waals surface area contributed by atoms with Crippen LogP contribution in [0.25, 0.3) is 0 Å². The molecule has 1 atom stereocenters. The fourth-order valence-corrected chi connectivity index (χ4v) is 2.09. The Hall–Kier alpha value is -2.05. The molecule has 0 saturated carbocycles. The highest BCUT2D eigenvalue weighted by molar-refractivity contribution is 5.77. The Morgan fingerprint density at radius 1 is 1.45 bits per heavy atom. The summed E-state index contributed by atoms with van der Waals surface area (Å²) in [5.74, 6) is 2.05. The molecule has 7 nitrogen and oxygen atoms in total. The predicted molar refractivity (Wildman–Crippen MR) is 77.0 cm³/mol. The zero-order valence-electron chi connectivity index (χ0n) is 11.9. The van der Waals surface area contributed by atoms with Crippen molar-refractivity contribution < 1.29 is 9.53 Å². The van der Waals surface area contributed by atoms with Gasteiger partial charge in [0.2, 0.25) is 11.7 Å². The van der Waals surface area contributed by atoms with Gasteiger partial charge in [-0.3, -0.25) is 4.79 Å². The lowest BCUT2D eigenvalue weighted by Crippen LogP contribution is -2.42. The van der Waals surface area contributed by atoms with Crippen LogP contribution in [0, 0.1) is 0 Å². The van der Waals surface area contributed by atoms with Crippen LogP contribution in [0.4, 0.5) is 11.6 Å². The monoisotopic (exact) mass is 279 g/mol. The van der Waals surface area contributed by atoms with Crippen LogP contribution in [-0.4, -0.2) is 42.1 Å². The second kappa shape index (κ2) is 6.93. The average Bonchev–Trinajstić information content (AvgIpc) is 2.47. The third kappa shape index (κ3) is 3.49. The minimum absolute atomic E-state index is 0.100. The molecule has 2 heterocycles.